The van der Waals surface area contributed by atoms with Gasteiger partial charge in [0.1, 0.15) is 5.78 Å². The Morgan fingerprint density at radius 2 is 1.86 bits per heavy atom. The Balaban J connectivity index is 1.26. The van der Waals surface area contributed by atoms with Crippen LogP contribution >= 0.6 is 19.6 Å². The van der Waals surface area contributed by atoms with Crippen molar-refractivity contribution in [3.8, 4) is 0 Å². The monoisotopic (exact) mass is 628 g/mol. The molecule has 5 atom stereocenters. The molecule has 1 aromatic carbocycles. The Morgan fingerprint density at radius 3 is 2.55 bits per heavy atom. The van der Waals surface area contributed by atoms with Crippen LogP contribution in [0.15, 0.2) is 18.2 Å². The molecule has 0 bridgehead atoms. The molecule has 0 aromatic heterocycles. The average molecular weight is 629 g/mol. The van der Waals surface area contributed by atoms with E-state index in [9.17, 15) is 34.0 Å². The van der Waals surface area contributed by atoms with Gasteiger partial charge in [0.15, 0.2) is 0 Å². The second-order valence-electron chi connectivity index (χ2n) is 10.6. The molecule has 3 rings (SSSR count). The highest BCUT2D eigenvalue weighted by Crippen LogP contribution is 2.48. The van der Waals surface area contributed by atoms with E-state index in [0.717, 1.165) is 51.4 Å². The van der Waals surface area contributed by atoms with Crippen LogP contribution in [0.2, 0.25) is 0 Å². The number of nitro benzene ring substituents is 1. The summed E-state index contributed by atoms with van der Waals surface area (Å²) in [7, 11) is -3.36. The molecule has 5 unspecified atom stereocenters. The number of phosphoric acid groups is 1. The lowest BCUT2D eigenvalue weighted by Crippen LogP contribution is -2.36. The maximum absolute atomic E-state index is 12.3. The Morgan fingerprint density at radius 1 is 1.17 bits per heavy atom. The quantitative estimate of drug-likeness (QED) is 0.0551. The zero-order valence-electron chi connectivity index (χ0n) is 24.0. The first-order valence-corrected chi connectivity index (χ1v) is 16.8. The van der Waals surface area contributed by atoms with Crippen LogP contribution in [0.3, 0.4) is 0 Å². The number of thioether (sulfide) groups is 1. The first kappa shape index (κ1) is 34.0. The molecule has 15 heteroatoms. The van der Waals surface area contributed by atoms with Crippen molar-refractivity contribution >= 4 is 43.0 Å². The number of amides is 3. The van der Waals surface area contributed by atoms with E-state index in [-0.39, 0.29) is 47.6 Å². The Hall–Kier alpha value is -2.51. The van der Waals surface area contributed by atoms with Gasteiger partial charge >= 0.3 is 13.9 Å². The number of nitrogens with one attached hydrogen (secondary N) is 3. The highest BCUT2D eigenvalue weighted by Gasteiger charge is 2.42. The molecule has 2 fully saturated rings. The fourth-order valence-electron chi connectivity index (χ4n) is 5.19. The van der Waals surface area contributed by atoms with Crippen molar-refractivity contribution in [3.05, 3.63) is 39.4 Å². The number of carbonyl (C=O) groups is 3. The van der Waals surface area contributed by atoms with Gasteiger partial charge in [-0.1, -0.05) is 25.3 Å². The van der Waals surface area contributed by atoms with Gasteiger partial charge in [0.2, 0.25) is 5.91 Å². The van der Waals surface area contributed by atoms with Crippen LogP contribution in [-0.2, 0) is 29.7 Å². The van der Waals surface area contributed by atoms with E-state index in [1.165, 1.54) is 25.1 Å². The predicted molar refractivity (Wildman–Crippen MR) is 158 cm³/mol. The van der Waals surface area contributed by atoms with Crippen LogP contribution < -0.4 is 16.0 Å². The molecular weight excluding hydrogens is 587 g/mol. The van der Waals surface area contributed by atoms with E-state index >= 15 is 0 Å². The Bertz CT molecular complexity index is 1170. The second-order valence-corrected chi connectivity index (χ2v) is 13.4. The van der Waals surface area contributed by atoms with Gasteiger partial charge in [-0.15, -0.1) is 0 Å². The van der Waals surface area contributed by atoms with Crippen molar-refractivity contribution in [1.29, 1.82) is 0 Å². The third-order valence-corrected chi connectivity index (χ3v) is 10.0. The number of benzene rings is 1. The zero-order chi connectivity index (χ0) is 30.7. The molecule has 0 radical (unpaired) electrons. The Kier molecular flexibility index (Phi) is 13.2. The number of fused-ring (bicyclic) bond motifs is 1. The summed E-state index contributed by atoms with van der Waals surface area (Å²) in [6.45, 7) is 1.54. The van der Waals surface area contributed by atoms with Crippen LogP contribution in [0.25, 0.3) is 0 Å². The first-order chi connectivity index (χ1) is 20.0. The lowest BCUT2D eigenvalue weighted by molar-refractivity contribution is -0.386. The average Bonchev–Trinajstić information content (AvgIpc) is 3.50. The molecule has 0 spiro atoms. The number of Topliss-reactive ketones (excluding diaryl/α,β-unsaturated/α-hetero) is 1. The highest BCUT2D eigenvalue weighted by atomic mass is 32.2. The molecule has 2 aliphatic rings. The molecule has 2 aliphatic heterocycles. The van der Waals surface area contributed by atoms with E-state index in [1.54, 1.807) is 0 Å². The molecule has 234 valence electrons. The number of rotatable bonds is 19. The predicted octanol–water partition coefficient (Wildman–Crippen LogP) is 4.67. The topological polar surface area (TPSA) is 186 Å². The minimum Gasteiger partial charge on any atom is -0.352 e. The number of hydrogen-bond acceptors (Lipinski definition) is 9. The van der Waals surface area contributed by atoms with Gasteiger partial charge in [-0.3, -0.25) is 28.8 Å². The summed E-state index contributed by atoms with van der Waals surface area (Å²) < 4.78 is 21.1. The number of nitrogens with zero attached hydrogens (tertiary/aromatic N) is 1. The smallest absolute Gasteiger partial charge is 0.352 e. The standard InChI is InChI=1S/C27H41N4O9PS/c1-18(40-41(37,38)39-2)21-15-19(13-14-23(21)31(35)36)16-28-25(33)12-6-4-3-5-9-20(32)10-7-8-11-24-26-22(17-42-24)29-27(34)30-26/h13-15,18,22,24,26H,3-12,16-17H2,1-2H3,(H,28,33)(H,37,38)(H2,29,30,34). The van der Waals surface area contributed by atoms with E-state index in [4.69, 9.17) is 4.52 Å². The van der Waals surface area contributed by atoms with Gasteiger partial charge in [0.05, 0.1) is 28.7 Å². The summed E-state index contributed by atoms with van der Waals surface area (Å²) >= 11 is 1.89. The maximum atomic E-state index is 12.3. The first-order valence-electron chi connectivity index (χ1n) is 14.3. The normalized spacial score (nSPS) is 21.6. The van der Waals surface area contributed by atoms with E-state index in [0.29, 0.717) is 36.5 Å². The molecule has 1 aromatic rings. The second kappa shape index (κ2) is 16.4. The van der Waals surface area contributed by atoms with Crippen LogP contribution in [-0.4, -0.2) is 57.7 Å². The summed E-state index contributed by atoms with van der Waals surface area (Å²) in [6.07, 6.45) is 6.40. The van der Waals surface area contributed by atoms with Gasteiger partial charge in [0.25, 0.3) is 5.69 Å². The van der Waals surface area contributed by atoms with Gasteiger partial charge < -0.3 is 20.8 Å². The van der Waals surface area contributed by atoms with Crippen molar-refractivity contribution in [3.63, 3.8) is 0 Å². The maximum Gasteiger partial charge on any atom is 0.472 e. The minimum atomic E-state index is -4.36. The Labute approximate surface area is 250 Å². The van der Waals surface area contributed by atoms with E-state index < -0.39 is 18.8 Å². The number of carbonyl (C=O) groups excluding carboxylic acids is 3. The molecule has 2 saturated heterocycles. The number of phosphoric ester groups is 1. The van der Waals surface area contributed by atoms with Crippen molar-refractivity contribution < 1.29 is 37.8 Å². The third-order valence-electron chi connectivity index (χ3n) is 7.48. The molecule has 13 nitrogen and oxygen atoms in total. The van der Waals surface area contributed by atoms with Gasteiger partial charge in [0, 0.05) is 50.0 Å². The van der Waals surface area contributed by atoms with Crippen molar-refractivity contribution in [2.75, 3.05) is 12.9 Å². The molecule has 42 heavy (non-hydrogen) atoms. The van der Waals surface area contributed by atoms with Crippen LogP contribution in [0.4, 0.5) is 10.5 Å². The number of ketones is 1. The number of unbranched alkanes of at least 4 members (excludes halogenated alkanes) is 4. The van der Waals surface area contributed by atoms with Crippen LogP contribution in [0.1, 0.15) is 88.4 Å². The fourth-order valence-corrected chi connectivity index (χ4v) is 7.33. The molecule has 0 saturated carbocycles. The van der Waals surface area contributed by atoms with Crippen LogP contribution in [0, 0.1) is 10.1 Å². The number of nitro groups is 1. The summed E-state index contributed by atoms with van der Waals surface area (Å²) in [4.78, 5) is 56.3. The summed E-state index contributed by atoms with van der Waals surface area (Å²) in [5.41, 5.74) is 0.401. The van der Waals surface area contributed by atoms with E-state index in [1.807, 2.05) is 11.8 Å². The number of urea groups is 1. The molecule has 0 aliphatic carbocycles. The van der Waals surface area contributed by atoms with Crippen molar-refractivity contribution in [1.82, 2.24) is 16.0 Å². The van der Waals surface area contributed by atoms with Gasteiger partial charge in [-0.2, -0.15) is 11.8 Å². The van der Waals surface area contributed by atoms with Crippen molar-refractivity contribution in [2.45, 2.75) is 101 Å². The lowest BCUT2D eigenvalue weighted by atomic mass is 10.0. The largest absolute Gasteiger partial charge is 0.472 e. The SMILES string of the molecule is COP(=O)(O)OC(C)c1cc(CNC(=O)CCCCCCC(=O)CCCCC2SCC3NC(=O)NC32)ccc1[N+](=O)[O-]. The lowest BCUT2D eigenvalue weighted by Gasteiger charge is -2.17. The highest BCUT2D eigenvalue weighted by molar-refractivity contribution is 8.00. The van der Waals surface area contributed by atoms with Gasteiger partial charge in [-0.25, -0.2) is 9.36 Å². The third kappa shape index (κ3) is 10.6. The van der Waals surface area contributed by atoms with Crippen LogP contribution in [0.5, 0.6) is 0 Å². The molecule has 4 N–H and O–H groups in total. The van der Waals surface area contributed by atoms with E-state index in [2.05, 4.69) is 20.5 Å². The van der Waals surface area contributed by atoms with Crippen molar-refractivity contribution in [2.24, 2.45) is 0 Å². The molecular formula is C27H41N4O9PS. The zero-order valence-corrected chi connectivity index (χ0v) is 25.8. The number of hydrogen-bond donors (Lipinski definition) is 4. The molecule has 3 amide bonds. The summed E-state index contributed by atoms with van der Waals surface area (Å²) in [5.74, 6) is 1.05. The fraction of sp³-hybridized carbons (Fsp3) is 0.667. The van der Waals surface area contributed by atoms with Gasteiger partial charge in [-0.05, 0) is 44.2 Å². The summed E-state index contributed by atoms with van der Waals surface area (Å²) in [5, 5.41) is 20.5. The minimum absolute atomic E-state index is 0.0771. The molecule has 2 heterocycles. The summed E-state index contributed by atoms with van der Waals surface area (Å²) in [6, 6.07) is 4.60.